The van der Waals surface area contributed by atoms with Gasteiger partial charge >= 0.3 is 0 Å². The Kier molecular flexibility index (Phi) is 5.32. The Labute approximate surface area is 177 Å². The lowest BCUT2D eigenvalue weighted by Crippen LogP contribution is -2.22. The van der Waals surface area contributed by atoms with E-state index in [9.17, 15) is 4.79 Å². The topological polar surface area (TPSA) is 44.1 Å². The Morgan fingerprint density at radius 1 is 1.00 bits per heavy atom. The van der Waals surface area contributed by atoms with E-state index in [0.717, 1.165) is 27.0 Å². The Morgan fingerprint density at radius 2 is 1.76 bits per heavy atom. The number of aryl methyl sites for hydroxylation is 1. The van der Waals surface area contributed by atoms with E-state index >= 15 is 0 Å². The zero-order valence-corrected chi connectivity index (χ0v) is 17.7. The van der Waals surface area contributed by atoms with Gasteiger partial charge in [-0.05, 0) is 76.5 Å². The van der Waals surface area contributed by atoms with Gasteiger partial charge in [0.15, 0.2) is 0 Å². The van der Waals surface area contributed by atoms with Crippen molar-refractivity contribution < 1.29 is 4.74 Å². The van der Waals surface area contributed by atoms with Crippen LogP contribution in [0.1, 0.15) is 17.0 Å². The second-order valence-corrected chi connectivity index (χ2v) is 7.54. The number of methoxy groups -OCH3 is 1. The molecular weight excluding hydrogens is 428 g/mol. The summed E-state index contributed by atoms with van der Waals surface area (Å²) in [5.74, 6) is 1.36. The number of benzene rings is 3. The number of halogens is 1. The number of nitrogens with zero attached hydrogens (tertiary/aromatic N) is 2. The minimum atomic E-state index is -0.102. The van der Waals surface area contributed by atoms with E-state index in [1.54, 1.807) is 17.7 Å². The highest BCUT2D eigenvalue weighted by molar-refractivity contribution is 9.10. The molecule has 0 fully saturated rings. The zero-order valence-electron chi connectivity index (χ0n) is 16.1. The van der Waals surface area contributed by atoms with Crippen molar-refractivity contribution in [1.29, 1.82) is 0 Å². The van der Waals surface area contributed by atoms with Gasteiger partial charge in [0.25, 0.3) is 5.56 Å². The first kappa shape index (κ1) is 19.2. The summed E-state index contributed by atoms with van der Waals surface area (Å²) in [5.41, 5.74) is 3.43. The molecule has 29 heavy (non-hydrogen) atoms. The second-order valence-electron chi connectivity index (χ2n) is 6.69. The third-order valence-corrected chi connectivity index (χ3v) is 5.32. The molecule has 0 bridgehead atoms. The fraction of sp³-hybridized carbons (Fsp3) is 0.0833. The Bertz CT molecular complexity index is 1270. The maximum absolute atomic E-state index is 13.3. The monoisotopic (exact) mass is 446 g/mol. The predicted octanol–water partition coefficient (Wildman–Crippen LogP) is 5.64. The molecular formula is C24H19BrN2O2. The fourth-order valence-electron chi connectivity index (χ4n) is 3.17. The van der Waals surface area contributed by atoms with Gasteiger partial charge in [0, 0.05) is 4.47 Å². The van der Waals surface area contributed by atoms with Gasteiger partial charge in [-0.1, -0.05) is 36.4 Å². The predicted molar refractivity (Wildman–Crippen MR) is 122 cm³/mol. The van der Waals surface area contributed by atoms with Gasteiger partial charge in [0.05, 0.1) is 23.7 Å². The molecule has 3 aromatic carbocycles. The first-order valence-electron chi connectivity index (χ1n) is 9.17. The molecule has 0 amide bonds. The lowest BCUT2D eigenvalue weighted by Gasteiger charge is -2.13. The largest absolute Gasteiger partial charge is 0.497 e. The fourth-order valence-corrected chi connectivity index (χ4v) is 3.84. The molecule has 0 saturated heterocycles. The molecule has 0 unspecified atom stereocenters. The van der Waals surface area contributed by atoms with E-state index in [2.05, 4.69) is 15.9 Å². The summed E-state index contributed by atoms with van der Waals surface area (Å²) >= 11 is 3.60. The average molecular weight is 447 g/mol. The van der Waals surface area contributed by atoms with Crippen LogP contribution in [0.15, 0.2) is 76.0 Å². The molecule has 0 radical (unpaired) electrons. The number of hydrogen-bond acceptors (Lipinski definition) is 3. The van der Waals surface area contributed by atoms with Crippen molar-refractivity contribution in [2.75, 3.05) is 7.11 Å². The van der Waals surface area contributed by atoms with Crippen molar-refractivity contribution in [3.63, 3.8) is 0 Å². The van der Waals surface area contributed by atoms with Gasteiger partial charge in [-0.25, -0.2) is 4.98 Å². The van der Waals surface area contributed by atoms with Crippen LogP contribution in [0.3, 0.4) is 0 Å². The summed E-state index contributed by atoms with van der Waals surface area (Å²) in [5, 5.41) is 0.585. The normalized spacial score (nSPS) is 11.3. The van der Waals surface area contributed by atoms with Crippen LogP contribution in [0, 0.1) is 6.92 Å². The van der Waals surface area contributed by atoms with Crippen LogP contribution in [0.25, 0.3) is 28.7 Å². The van der Waals surface area contributed by atoms with Crippen molar-refractivity contribution in [1.82, 2.24) is 9.55 Å². The molecule has 4 nitrogen and oxygen atoms in total. The van der Waals surface area contributed by atoms with Crippen molar-refractivity contribution in [3.05, 3.63) is 98.5 Å². The first-order valence-corrected chi connectivity index (χ1v) is 9.96. The number of hydrogen-bond donors (Lipinski definition) is 0. The standard InChI is InChI=1S/C24H19BrN2O2/c1-16-7-13-22(20(25)15-16)27-23(14-10-17-8-11-18(29-2)12-9-17)26-21-6-4-3-5-19(21)24(27)28/h3-15H,1-2H3. The quantitative estimate of drug-likeness (QED) is 0.407. The third kappa shape index (κ3) is 3.87. The van der Waals surface area contributed by atoms with Crippen LogP contribution in [-0.2, 0) is 0 Å². The van der Waals surface area contributed by atoms with Gasteiger partial charge in [0.1, 0.15) is 11.6 Å². The van der Waals surface area contributed by atoms with E-state index in [0.29, 0.717) is 16.7 Å². The minimum absolute atomic E-state index is 0.102. The summed E-state index contributed by atoms with van der Waals surface area (Å²) in [7, 11) is 1.64. The molecule has 1 aromatic heterocycles. The highest BCUT2D eigenvalue weighted by Crippen LogP contribution is 2.24. The van der Waals surface area contributed by atoms with Gasteiger partial charge in [-0.3, -0.25) is 9.36 Å². The second kappa shape index (κ2) is 8.05. The Hall–Kier alpha value is -3.18. The number of rotatable bonds is 4. The third-order valence-electron chi connectivity index (χ3n) is 4.69. The van der Waals surface area contributed by atoms with Crippen molar-refractivity contribution >= 4 is 39.0 Å². The van der Waals surface area contributed by atoms with Crippen LogP contribution in [0.2, 0.25) is 0 Å². The highest BCUT2D eigenvalue weighted by Gasteiger charge is 2.13. The van der Waals surface area contributed by atoms with Gasteiger partial charge in [0.2, 0.25) is 0 Å². The molecule has 0 saturated carbocycles. The molecule has 4 aromatic rings. The first-order chi connectivity index (χ1) is 14.1. The zero-order chi connectivity index (χ0) is 20.4. The number of ether oxygens (including phenoxy) is 1. The lowest BCUT2D eigenvalue weighted by molar-refractivity contribution is 0.415. The van der Waals surface area contributed by atoms with Crippen LogP contribution in [0.5, 0.6) is 5.75 Å². The number of para-hydroxylation sites is 1. The molecule has 0 aliphatic rings. The average Bonchev–Trinajstić information content (AvgIpc) is 2.73. The molecule has 0 atom stereocenters. The van der Waals surface area contributed by atoms with Gasteiger partial charge < -0.3 is 4.74 Å². The number of aromatic nitrogens is 2. The van der Waals surface area contributed by atoms with Gasteiger partial charge in [-0.15, -0.1) is 0 Å². The molecule has 0 spiro atoms. The summed E-state index contributed by atoms with van der Waals surface area (Å²) in [6.07, 6.45) is 3.80. The van der Waals surface area contributed by atoms with E-state index in [1.807, 2.05) is 79.7 Å². The summed E-state index contributed by atoms with van der Waals surface area (Å²) in [6.45, 7) is 2.01. The van der Waals surface area contributed by atoms with E-state index in [1.165, 1.54) is 0 Å². The summed E-state index contributed by atoms with van der Waals surface area (Å²) < 4.78 is 7.70. The van der Waals surface area contributed by atoms with Crippen LogP contribution < -0.4 is 10.3 Å². The smallest absolute Gasteiger partial charge is 0.266 e. The van der Waals surface area contributed by atoms with Gasteiger partial charge in [-0.2, -0.15) is 0 Å². The molecule has 0 N–H and O–H groups in total. The number of fused-ring (bicyclic) bond motifs is 1. The van der Waals surface area contributed by atoms with Crippen LogP contribution >= 0.6 is 15.9 Å². The summed E-state index contributed by atoms with van der Waals surface area (Å²) in [4.78, 5) is 18.1. The summed E-state index contributed by atoms with van der Waals surface area (Å²) in [6, 6.07) is 21.0. The Morgan fingerprint density at radius 3 is 2.48 bits per heavy atom. The maximum Gasteiger partial charge on any atom is 0.266 e. The highest BCUT2D eigenvalue weighted by atomic mass is 79.9. The lowest BCUT2D eigenvalue weighted by atomic mass is 10.2. The van der Waals surface area contributed by atoms with E-state index < -0.39 is 0 Å². The molecule has 4 rings (SSSR count). The minimum Gasteiger partial charge on any atom is -0.497 e. The molecule has 144 valence electrons. The van der Waals surface area contributed by atoms with Crippen LogP contribution in [0.4, 0.5) is 0 Å². The molecule has 0 aliphatic heterocycles. The van der Waals surface area contributed by atoms with Crippen molar-refractivity contribution in [3.8, 4) is 11.4 Å². The van der Waals surface area contributed by atoms with E-state index in [-0.39, 0.29) is 5.56 Å². The van der Waals surface area contributed by atoms with E-state index in [4.69, 9.17) is 9.72 Å². The SMILES string of the molecule is COc1ccc(C=Cc2nc3ccccc3c(=O)n2-c2ccc(C)cc2Br)cc1. The maximum atomic E-state index is 13.3. The molecule has 5 heteroatoms. The molecule has 0 aliphatic carbocycles. The molecule has 1 heterocycles. The van der Waals surface area contributed by atoms with Crippen LogP contribution in [-0.4, -0.2) is 16.7 Å². The Balaban J connectivity index is 1.91. The van der Waals surface area contributed by atoms with Crippen molar-refractivity contribution in [2.45, 2.75) is 6.92 Å². The van der Waals surface area contributed by atoms with Crippen molar-refractivity contribution in [2.24, 2.45) is 0 Å².